The van der Waals surface area contributed by atoms with Gasteiger partial charge in [-0.15, -0.1) is 0 Å². The molecular weight excluding hydrogens is 226 g/mol. The van der Waals surface area contributed by atoms with E-state index in [1.165, 1.54) is 25.9 Å². The Morgan fingerprint density at radius 3 is 2.67 bits per heavy atom. The lowest BCUT2D eigenvalue weighted by Crippen LogP contribution is -2.48. The third-order valence-electron chi connectivity index (χ3n) is 4.04. The molecule has 4 heteroatoms. The van der Waals surface area contributed by atoms with Gasteiger partial charge in [0.05, 0.1) is 0 Å². The number of nitrogens with one attached hydrogen (secondary N) is 1. The number of urea groups is 1. The molecule has 1 N–H and O–H groups in total. The lowest BCUT2D eigenvalue weighted by atomic mass is 10.00. The summed E-state index contributed by atoms with van der Waals surface area (Å²) >= 11 is 0. The summed E-state index contributed by atoms with van der Waals surface area (Å²) in [5.74, 6) is 0.806. The molecule has 2 amide bonds. The highest BCUT2D eigenvalue weighted by molar-refractivity contribution is 5.74. The van der Waals surface area contributed by atoms with Crippen molar-refractivity contribution in [2.75, 3.05) is 32.7 Å². The number of hydrogen-bond acceptors (Lipinski definition) is 2. The third-order valence-corrected chi connectivity index (χ3v) is 4.04. The molecule has 4 nitrogen and oxygen atoms in total. The molecule has 2 fully saturated rings. The summed E-state index contributed by atoms with van der Waals surface area (Å²) in [4.78, 5) is 16.4. The van der Waals surface area contributed by atoms with Crippen LogP contribution in [0.15, 0.2) is 0 Å². The summed E-state index contributed by atoms with van der Waals surface area (Å²) in [6.45, 7) is 9.66. The second-order valence-corrected chi connectivity index (χ2v) is 6.05. The molecule has 0 aromatic heterocycles. The number of nitrogens with zero attached hydrogens (tertiary/aromatic N) is 2. The maximum atomic E-state index is 12.0. The van der Waals surface area contributed by atoms with Crippen LogP contribution in [0.2, 0.25) is 0 Å². The summed E-state index contributed by atoms with van der Waals surface area (Å²) in [6, 6.07) is 0.383. The highest BCUT2D eigenvalue weighted by Crippen LogP contribution is 2.15. The van der Waals surface area contributed by atoms with Gasteiger partial charge < -0.3 is 15.1 Å². The first-order valence-electron chi connectivity index (χ1n) is 7.43. The molecule has 0 radical (unpaired) electrons. The zero-order valence-electron chi connectivity index (χ0n) is 11.8. The minimum Gasteiger partial charge on any atom is -0.334 e. The monoisotopic (exact) mass is 253 g/mol. The van der Waals surface area contributed by atoms with Gasteiger partial charge in [-0.25, -0.2) is 4.79 Å². The second kappa shape index (κ2) is 6.41. The first-order valence-corrected chi connectivity index (χ1v) is 7.43. The summed E-state index contributed by atoms with van der Waals surface area (Å²) in [6.07, 6.45) is 4.97. The topological polar surface area (TPSA) is 35.6 Å². The van der Waals surface area contributed by atoms with Crippen LogP contribution in [0, 0.1) is 5.92 Å². The van der Waals surface area contributed by atoms with Crippen molar-refractivity contribution in [2.24, 2.45) is 5.92 Å². The van der Waals surface area contributed by atoms with E-state index in [1.807, 2.05) is 4.90 Å². The van der Waals surface area contributed by atoms with Crippen LogP contribution < -0.4 is 5.32 Å². The van der Waals surface area contributed by atoms with Gasteiger partial charge in [-0.3, -0.25) is 0 Å². The Morgan fingerprint density at radius 2 is 2.00 bits per heavy atom. The van der Waals surface area contributed by atoms with Crippen LogP contribution in [0.5, 0.6) is 0 Å². The van der Waals surface area contributed by atoms with Gasteiger partial charge in [0.25, 0.3) is 0 Å². The van der Waals surface area contributed by atoms with E-state index in [0.29, 0.717) is 0 Å². The molecule has 2 rings (SSSR count). The lowest BCUT2D eigenvalue weighted by molar-refractivity contribution is 0.164. The SMILES string of the molecule is CC1CCCN(CC(C)NC(=O)N2CCCC2)C1. The van der Waals surface area contributed by atoms with Crippen LogP contribution in [-0.2, 0) is 0 Å². The zero-order valence-corrected chi connectivity index (χ0v) is 11.8. The van der Waals surface area contributed by atoms with Crippen LogP contribution in [0.3, 0.4) is 0 Å². The van der Waals surface area contributed by atoms with Crippen molar-refractivity contribution in [2.45, 2.75) is 45.6 Å². The molecule has 0 aromatic rings. The molecule has 18 heavy (non-hydrogen) atoms. The number of carbonyl (C=O) groups excluding carboxylic acids is 1. The van der Waals surface area contributed by atoms with Crippen molar-refractivity contribution in [3.05, 3.63) is 0 Å². The zero-order chi connectivity index (χ0) is 13.0. The Hall–Kier alpha value is -0.770. The summed E-state index contributed by atoms with van der Waals surface area (Å²) in [7, 11) is 0. The quantitative estimate of drug-likeness (QED) is 0.834. The molecule has 2 heterocycles. The molecule has 2 atom stereocenters. The molecule has 104 valence electrons. The van der Waals surface area contributed by atoms with E-state index in [0.717, 1.165) is 38.4 Å². The number of carbonyl (C=O) groups is 1. The highest BCUT2D eigenvalue weighted by Gasteiger charge is 2.22. The van der Waals surface area contributed by atoms with Gasteiger partial charge in [0, 0.05) is 32.2 Å². The van der Waals surface area contributed by atoms with Crippen LogP contribution in [-0.4, -0.2) is 54.6 Å². The van der Waals surface area contributed by atoms with E-state index >= 15 is 0 Å². The van der Waals surface area contributed by atoms with Gasteiger partial charge >= 0.3 is 6.03 Å². The third kappa shape index (κ3) is 3.87. The van der Waals surface area contributed by atoms with Crippen LogP contribution in [0.1, 0.15) is 39.5 Å². The van der Waals surface area contributed by atoms with Crippen molar-refractivity contribution in [3.8, 4) is 0 Å². The lowest BCUT2D eigenvalue weighted by Gasteiger charge is -2.33. The first kappa shape index (κ1) is 13.7. The summed E-state index contributed by atoms with van der Waals surface area (Å²) < 4.78 is 0. The van der Waals surface area contributed by atoms with Crippen LogP contribution in [0.4, 0.5) is 4.79 Å². The molecule has 2 aliphatic heterocycles. The van der Waals surface area contributed by atoms with E-state index in [-0.39, 0.29) is 12.1 Å². The average Bonchev–Trinajstić information content (AvgIpc) is 2.81. The molecule has 0 bridgehead atoms. The van der Waals surface area contributed by atoms with E-state index in [4.69, 9.17) is 0 Å². The molecule has 2 saturated heterocycles. The number of rotatable bonds is 3. The molecule has 0 aliphatic carbocycles. The molecular formula is C14H27N3O. The fraction of sp³-hybridized carbons (Fsp3) is 0.929. The Labute approximate surface area is 111 Å². The fourth-order valence-electron chi connectivity index (χ4n) is 3.11. The van der Waals surface area contributed by atoms with Crippen molar-refractivity contribution < 1.29 is 4.79 Å². The minimum atomic E-state index is 0.130. The maximum Gasteiger partial charge on any atom is 0.317 e. The molecule has 0 aromatic carbocycles. The van der Waals surface area contributed by atoms with Gasteiger partial charge in [0.15, 0.2) is 0 Å². The van der Waals surface area contributed by atoms with E-state index < -0.39 is 0 Å². The van der Waals surface area contributed by atoms with E-state index in [1.54, 1.807) is 0 Å². The average molecular weight is 253 g/mol. The molecule has 2 unspecified atom stereocenters. The van der Waals surface area contributed by atoms with Gasteiger partial charge in [0.2, 0.25) is 0 Å². The largest absolute Gasteiger partial charge is 0.334 e. The van der Waals surface area contributed by atoms with Crippen LogP contribution >= 0.6 is 0 Å². The summed E-state index contributed by atoms with van der Waals surface area (Å²) in [5.41, 5.74) is 0. The van der Waals surface area contributed by atoms with E-state index in [2.05, 4.69) is 24.1 Å². The fourth-order valence-corrected chi connectivity index (χ4v) is 3.11. The van der Waals surface area contributed by atoms with Crippen LogP contribution in [0.25, 0.3) is 0 Å². The van der Waals surface area contributed by atoms with Crippen molar-refractivity contribution in [1.82, 2.24) is 15.1 Å². The standard InChI is InChI=1S/C14H27N3O/c1-12-6-5-7-16(10-12)11-13(2)15-14(18)17-8-3-4-9-17/h12-13H,3-11H2,1-2H3,(H,15,18). The van der Waals surface area contributed by atoms with Gasteiger partial charge in [-0.05, 0) is 45.1 Å². The Balaban J connectivity index is 1.70. The van der Waals surface area contributed by atoms with Crippen molar-refractivity contribution >= 4 is 6.03 Å². The Morgan fingerprint density at radius 1 is 1.28 bits per heavy atom. The maximum absolute atomic E-state index is 12.0. The Bertz CT molecular complexity index is 276. The molecule has 0 spiro atoms. The second-order valence-electron chi connectivity index (χ2n) is 6.05. The highest BCUT2D eigenvalue weighted by atomic mass is 16.2. The Kier molecular flexibility index (Phi) is 4.87. The predicted octanol–water partition coefficient (Wildman–Crippen LogP) is 1.91. The number of hydrogen-bond donors (Lipinski definition) is 1. The number of amides is 2. The van der Waals surface area contributed by atoms with E-state index in [9.17, 15) is 4.79 Å². The van der Waals surface area contributed by atoms with Crippen molar-refractivity contribution in [1.29, 1.82) is 0 Å². The van der Waals surface area contributed by atoms with Gasteiger partial charge in [-0.1, -0.05) is 6.92 Å². The summed E-state index contributed by atoms with van der Waals surface area (Å²) in [5, 5.41) is 3.13. The first-order chi connectivity index (χ1) is 8.65. The van der Waals surface area contributed by atoms with Gasteiger partial charge in [0.1, 0.15) is 0 Å². The molecule has 0 saturated carbocycles. The van der Waals surface area contributed by atoms with Crippen molar-refractivity contribution in [3.63, 3.8) is 0 Å². The molecule has 2 aliphatic rings. The number of likely N-dealkylation sites (tertiary alicyclic amines) is 2. The smallest absolute Gasteiger partial charge is 0.317 e. The normalized spacial score (nSPS) is 27.2. The number of piperidine rings is 1. The predicted molar refractivity (Wildman–Crippen MR) is 73.6 cm³/mol. The van der Waals surface area contributed by atoms with Gasteiger partial charge in [-0.2, -0.15) is 0 Å². The minimum absolute atomic E-state index is 0.130.